The molecule has 1 spiro atoms. The molecule has 15 nitrogen and oxygen atoms in total. The molecule has 15 heteroatoms. The molecule has 4 N–H and O–H groups in total. The number of piperidine rings is 1. The number of anilines is 1. The van der Waals surface area contributed by atoms with E-state index < -0.39 is 47.0 Å². The van der Waals surface area contributed by atoms with E-state index >= 15 is 0 Å². The van der Waals surface area contributed by atoms with Crippen LogP contribution in [0, 0.1) is 36.5 Å². The zero-order valence-electron chi connectivity index (χ0n) is 42.3. The zero-order chi connectivity index (χ0) is 49.5. The fourth-order valence-electron chi connectivity index (χ4n) is 11.7. The lowest BCUT2D eigenvalue weighted by Gasteiger charge is -2.41. The van der Waals surface area contributed by atoms with Crippen LogP contribution >= 0.6 is 0 Å². The number of likely N-dealkylation sites (tertiary alicyclic amines) is 1. The lowest BCUT2D eigenvalue weighted by atomic mass is 9.80. The standard InChI is InChI=1S/C54H76N6O9/c1-31(2)30-58-22-20-54(21-23-58)56-42-39-40-46(62)37(8)49-41(39)50(64)53(9,69-49)67-28-14-17-33(4)48(68-52(66)60-26-24-59(25-27-60)38-18-11-10-12-19-38)36(7)45(61)35(6)29-32(3)15-13-16-34(5)51(65)55-44(47(40)63)43(42)57-54/h13-16,28,31-33,35-36,38,45,48,61-63H,10-12,17-27,29-30H2,1-9H3,(H,55,65)/b15-13+,28-14+,34-16-/t32?,33-,35-,36-,45?,48?,53?/m1/s1. The van der Waals surface area contributed by atoms with Gasteiger partial charge in [-0.15, -0.1) is 0 Å². The van der Waals surface area contributed by atoms with Crippen molar-refractivity contribution in [2.75, 3.05) is 51.1 Å². The van der Waals surface area contributed by atoms with Gasteiger partial charge in [0.15, 0.2) is 11.4 Å². The number of ketones is 1. The van der Waals surface area contributed by atoms with Crippen LogP contribution in [0.15, 0.2) is 46.1 Å². The number of benzene rings is 2. The van der Waals surface area contributed by atoms with Gasteiger partial charge in [0.1, 0.15) is 28.6 Å². The van der Waals surface area contributed by atoms with Crippen molar-refractivity contribution < 1.29 is 43.9 Å². The maximum Gasteiger partial charge on any atom is 0.410 e. The number of hydrogen-bond acceptors (Lipinski definition) is 13. The van der Waals surface area contributed by atoms with Crippen molar-refractivity contribution in [3.8, 4) is 17.2 Å². The summed E-state index contributed by atoms with van der Waals surface area (Å²) in [6, 6.07) is 0.578. The molecule has 2 amide bonds. The normalized spacial score (nSPS) is 31.3. The molecule has 9 rings (SSSR count). The van der Waals surface area contributed by atoms with E-state index in [1.807, 2.05) is 32.9 Å². The van der Waals surface area contributed by atoms with Gasteiger partial charge in [0, 0.05) is 94.1 Å². The lowest BCUT2D eigenvalue weighted by Crippen LogP contribution is -2.53. The molecule has 5 bridgehead atoms. The van der Waals surface area contributed by atoms with E-state index in [1.165, 1.54) is 45.3 Å². The number of nitrogens with zero attached hydrogens (tertiary/aromatic N) is 5. The second kappa shape index (κ2) is 20.4. The minimum absolute atomic E-state index is 0.00233. The topological polar surface area (TPSA) is 186 Å². The van der Waals surface area contributed by atoms with Crippen molar-refractivity contribution in [3.05, 3.63) is 58.0 Å². The molecule has 7 aliphatic rings. The van der Waals surface area contributed by atoms with Crippen LogP contribution in [-0.4, -0.2) is 123 Å². The summed E-state index contributed by atoms with van der Waals surface area (Å²) in [6.07, 6.45) is 15.2. The molecule has 376 valence electrons. The van der Waals surface area contributed by atoms with Gasteiger partial charge in [-0.05, 0) is 69.3 Å². The van der Waals surface area contributed by atoms with E-state index in [2.05, 4.69) is 35.9 Å². The average molecular weight is 953 g/mol. The number of allylic oxidation sites excluding steroid dienone is 4. The van der Waals surface area contributed by atoms with Gasteiger partial charge in [-0.1, -0.05) is 79.0 Å². The summed E-state index contributed by atoms with van der Waals surface area (Å²) in [6.45, 7) is 22.3. The van der Waals surface area contributed by atoms with Gasteiger partial charge in [0.25, 0.3) is 11.7 Å². The van der Waals surface area contributed by atoms with Gasteiger partial charge in [0.2, 0.25) is 0 Å². The van der Waals surface area contributed by atoms with E-state index in [9.17, 15) is 29.7 Å². The van der Waals surface area contributed by atoms with E-state index in [-0.39, 0.29) is 73.6 Å². The SMILES string of the molecule is C/C1=C/C=C/C(C)C[C@@H](C)C(O)[C@@H](C)C(OC(=O)N2CCN(C3CCCCC3)CC2)[C@H](C)C/C=C/OC2(C)Oc3c(C)c(O)c4c(O)c(c5c(c4c3C2=O)=NC2(CCN(CC(C)C)CC2)N=5)NC1=O. The molecule has 1 saturated carbocycles. The maximum absolute atomic E-state index is 14.8. The van der Waals surface area contributed by atoms with Crippen molar-refractivity contribution in [2.45, 2.75) is 150 Å². The number of nitrogens with one attached hydrogen (secondary N) is 1. The highest BCUT2D eigenvalue weighted by atomic mass is 16.7. The van der Waals surface area contributed by atoms with E-state index in [4.69, 9.17) is 24.2 Å². The van der Waals surface area contributed by atoms with Crippen LogP contribution in [0.2, 0.25) is 0 Å². The van der Waals surface area contributed by atoms with Gasteiger partial charge >= 0.3 is 11.9 Å². The molecule has 7 atom stereocenters. The van der Waals surface area contributed by atoms with Crippen molar-refractivity contribution in [3.63, 3.8) is 0 Å². The molecule has 2 aromatic rings. The second-order valence-electron chi connectivity index (χ2n) is 21.7. The van der Waals surface area contributed by atoms with Crippen LogP contribution in [0.5, 0.6) is 17.2 Å². The molecule has 0 aromatic heterocycles. The van der Waals surface area contributed by atoms with Crippen LogP contribution < -0.4 is 20.8 Å². The van der Waals surface area contributed by atoms with Gasteiger partial charge in [-0.25, -0.2) is 4.79 Å². The van der Waals surface area contributed by atoms with E-state index in [0.717, 1.165) is 32.7 Å². The molecule has 3 fully saturated rings. The quantitative estimate of drug-likeness (QED) is 0.221. The number of piperazine rings is 1. The van der Waals surface area contributed by atoms with Crippen LogP contribution in [0.25, 0.3) is 10.8 Å². The number of rotatable bonds is 4. The van der Waals surface area contributed by atoms with Crippen LogP contribution in [0.3, 0.4) is 0 Å². The predicted molar refractivity (Wildman–Crippen MR) is 265 cm³/mol. The van der Waals surface area contributed by atoms with Crippen molar-refractivity contribution in [1.29, 1.82) is 0 Å². The number of aliphatic hydroxyl groups excluding tert-OH is 1. The van der Waals surface area contributed by atoms with Crippen molar-refractivity contribution in [1.82, 2.24) is 14.7 Å². The number of ether oxygens (including phenoxy) is 3. The Balaban J connectivity index is 1.14. The first-order valence-corrected chi connectivity index (χ1v) is 25.7. The van der Waals surface area contributed by atoms with Crippen molar-refractivity contribution >= 4 is 34.2 Å². The lowest BCUT2D eigenvalue weighted by molar-refractivity contribution is -0.112. The van der Waals surface area contributed by atoms with Gasteiger partial charge < -0.3 is 44.6 Å². The summed E-state index contributed by atoms with van der Waals surface area (Å²) < 4.78 is 19.0. The minimum atomic E-state index is -1.87. The summed E-state index contributed by atoms with van der Waals surface area (Å²) in [5.41, 5.74) is -0.269. The van der Waals surface area contributed by atoms with E-state index in [0.29, 0.717) is 56.3 Å². The third-order valence-electron chi connectivity index (χ3n) is 15.8. The number of aromatic hydroxyl groups is 2. The highest BCUT2D eigenvalue weighted by Crippen LogP contribution is 2.50. The highest BCUT2D eigenvalue weighted by Gasteiger charge is 2.50. The number of aliphatic hydroxyl groups is 1. The summed E-state index contributed by atoms with van der Waals surface area (Å²) in [5.74, 6) is -3.93. The molecule has 2 aromatic carbocycles. The first kappa shape index (κ1) is 50.4. The highest BCUT2D eigenvalue weighted by molar-refractivity contribution is 6.19. The monoisotopic (exact) mass is 953 g/mol. The Morgan fingerprint density at radius 3 is 2.29 bits per heavy atom. The maximum atomic E-state index is 14.8. The van der Waals surface area contributed by atoms with Crippen LogP contribution in [0.4, 0.5) is 10.5 Å². The summed E-state index contributed by atoms with van der Waals surface area (Å²) in [5, 5.41) is 39.6. The minimum Gasteiger partial charge on any atom is -0.507 e. The molecule has 6 aliphatic heterocycles. The predicted octanol–water partition coefficient (Wildman–Crippen LogP) is 7.68. The third kappa shape index (κ3) is 10.2. The fourth-order valence-corrected chi connectivity index (χ4v) is 11.7. The van der Waals surface area contributed by atoms with Gasteiger partial charge in [0.05, 0.1) is 28.7 Å². The second-order valence-corrected chi connectivity index (χ2v) is 21.7. The fraction of sp³-hybridized carbons (Fsp3) is 0.648. The third-order valence-corrected chi connectivity index (χ3v) is 15.8. The Hall–Kier alpha value is -4.99. The molecule has 6 heterocycles. The Labute approximate surface area is 407 Å². The molecule has 1 aliphatic carbocycles. The molecular weight excluding hydrogens is 877 g/mol. The molecule has 4 unspecified atom stereocenters. The number of phenolic OH excluding ortho intramolecular Hbond substituents is 2. The number of amides is 2. The summed E-state index contributed by atoms with van der Waals surface area (Å²) in [7, 11) is 0. The average Bonchev–Trinajstić information content (AvgIpc) is 3.83. The number of Topliss-reactive ketones (excluding diaryl/α,β-unsaturated/α-hetero) is 1. The van der Waals surface area contributed by atoms with Crippen molar-refractivity contribution in [2.24, 2.45) is 39.6 Å². The molecule has 69 heavy (non-hydrogen) atoms. The number of hydrogen-bond donors (Lipinski definition) is 4. The van der Waals surface area contributed by atoms with E-state index in [1.54, 1.807) is 30.9 Å². The Morgan fingerprint density at radius 2 is 1.61 bits per heavy atom. The molecule has 2 saturated heterocycles. The Morgan fingerprint density at radius 1 is 0.928 bits per heavy atom. The largest absolute Gasteiger partial charge is 0.507 e. The molecule has 0 radical (unpaired) electrons. The smallest absolute Gasteiger partial charge is 0.410 e. The molecular formula is C54H76N6O9. The number of phenols is 2. The van der Waals surface area contributed by atoms with Gasteiger partial charge in [-0.2, -0.15) is 0 Å². The Kier molecular flexibility index (Phi) is 14.9. The first-order valence-electron chi connectivity index (χ1n) is 25.7. The summed E-state index contributed by atoms with van der Waals surface area (Å²) >= 11 is 0. The van der Waals surface area contributed by atoms with Gasteiger partial charge in [-0.3, -0.25) is 24.5 Å². The number of fused-ring (bicyclic) bond motifs is 13. The van der Waals surface area contributed by atoms with Crippen LogP contribution in [0.1, 0.15) is 129 Å². The zero-order valence-corrected chi connectivity index (χ0v) is 42.3. The number of carbonyl (C=O) groups is 3. The number of carbonyl (C=O) groups excluding carboxylic acids is 3. The first-order chi connectivity index (χ1) is 32.8. The van der Waals surface area contributed by atoms with Crippen LogP contribution in [-0.2, 0) is 14.3 Å². The summed E-state index contributed by atoms with van der Waals surface area (Å²) in [4.78, 5) is 60.0. The Bertz CT molecular complexity index is 2520.